The lowest BCUT2D eigenvalue weighted by Crippen LogP contribution is -1.91. The second-order valence-electron chi connectivity index (χ2n) is 4.54. The van der Waals surface area contributed by atoms with E-state index < -0.39 is 0 Å². The number of carbonyl (C=O) groups is 1. The summed E-state index contributed by atoms with van der Waals surface area (Å²) in [5.41, 5.74) is 3.35. The Bertz CT molecular complexity index is 587. The summed E-state index contributed by atoms with van der Waals surface area (Å²) in [6.45, 7) is 0. The van der Waals surface area contributed by atoms with E-state index in [0.29, 0.717) is 12.2 Å². The van der Waals surface area contributed by atoms with Gasteiger partial charge in [-0.15, -0.1) is 0 Å². The van der Waals surface area contributed by atoms with E-state index in [-0.39, 0.29) is 5.92 Å². The van der Waals surface area contributed by atoms with E-state index in [1.54, 1.807) is 7.11 Å². The van der Waals surface area contributed by atoms with Crippen LogP contribution in [0.2, 0.25) is 0 Å². The summed E-state index contributed by atoms with van der Waals surface area (Å²) in [5.74, 6) is 1.24. The quantitative estimate of drug-likeness (QED) is 0.819. The minimum atomic E-state index is 0.0890. The average Bonchev–Trinajstić information content (AvgIpc) is 3.16. The molecule has 2 aromatic carbocycles. The molecule has 0 N–H and O–H groups in total. The molecule has 0 aliphatic heterocycles. The first kappa shape index (κ1) is 11.0. The summed E-state index contributed by atoms with van der Waals surface area (Å²) in [4.78, 5) is 11.4. The SMILES string of the molecule is COc1ccc(C2CC2=O)c(-c2ccccc2)c1. The van der Waals surface area contributed by atoms with Crippen molar-refractivity contribution >= 4 is 5.78 Å². The van der Waals surface area contributed by atoms with Gasteiger partial charge in [0.1, 0.15) is 11.5 Å². The smallest absolute Gasteiger partial charge is 0.141 e. The number of methoxy groups -OCH3 is 1. The number of Topliss-reactive ketones (excluding diaryl/α,β-unsaturated/α-hetero) is 1. The molecule has 0 aromatic heterocycles. The van der Waals surface area contributed by atoms with Gasteiger partial charge in [-0.25, -0.2) is 0 Å². The molecule has 1 aliphatic carbocycles. The molecule has 1 fully saturated rings. The highest BCUT2D eigenvalue weighted by atomic mass is 16.5. The van der Waals surface area contributed by atoms with Crippen LogP contribution in [0.4, 0.5) is 0 Å². The molecule has 18 heavy (non-hydrogen) atoms. The molecular formula is C16H14O2. The molecule has 1 unspecified atom stereocenters. The van der Waals surface area contributed by atoms with Crippen molar-refractivity contribution in [3.8, 4) is 16.9 Å². The van der Waals surface area contributed by atoms with E-state index in [2.05, 4.69) is 12.1 Å². The maximum absolute atomic E-state index is 11.4. The van der Waals surface area contributed by atoms with Crippen molar-refractivity contribution < 1.29 is 9.53 Å². The van der Waals surface area contributed by atoms with Crippen molar-refractivity contribution in [2.75, 3.05) is 7.11 Å². The molecule has 0 saturated heterocycles. The van der Waals surface area contributed by atoms with Gasteiger partial charge in [-0.3, -0.25) is 4.79 Å². The summed E-state index contributed by atoms with van der Waals surface area (Å²) in [7, 11) is 1.66. The van der Waals surface area contributed by atoms with Crippen molar-refractivity contribution in [3.05, 3.63) is 54.1 Å². The second kappa shape index (κ2) is 4.30. The molecule has 1 aliphatic rings. The number of benzene rings is 2. The van der Waals surface area contributed by atoms with Crippen LogP contribution in [0, 0.1) is 0 Å². The van der Waals surface area contributed by atoms with Crippen LogP contribution in [0.5, 0.6) is 5.75 Å². The highest BCUT2D eigenvalue weighted by Crippen LogP contribution is 2.42. The monoisotopic (exact) mass is 238 g/mol. The summed E-state index contributed by atoms with van der Waals surface area (Å²) in [5, 5.41) is 0. The molecule has 0 spiro atoms. The van der Waals surface area contributed by atoms with Crippen LogP contribution in [-0.2, 0) is 4.79 Å². The normalized spacial score (nSPS) is 17.6. The number of hydrogen-bond donors (Lipinski definition) is 0. The zero-order chi connectivity index (χ0) is 12.5. The average molecular weight is 238 g/mol. The van der Waals surface area contributed by atoms with E-state index in [4.69, 9.17) is 4.74 Å². The molecule has 2 heteroatoms. The summed E-state index contributed by atoms with van der Waals surface area (Å²) in [6.07, 6.45) is 0.673. The van der Waals surface area contributed by atoms with Crippen molar-refractivity contribution in [1.82, 2.24) is 0 Å². The van der Waals surface area contributed by atoms with E-state index >= 15 is 0 Å². The first-order valence-corrected chi connectivity index (χ1v) is 6.05. The fourth-order valence-corrected chi connectivity index (χ4v) is 2.26. The number of hydrogen-bond acceptors (Lipinski definition) is 2. The van der Waals surface area contributed by atoms with Crippen LogP contribution >= 0.6 is 0 Å². The molecule has 2 nitrogen and oxygen atoms in total. The van der Waals surface area contributed by atoms with Gasteiger partial charge >= 0.3 is 0 Å². The third kappa shape index (κ3) is 1.90. The molecule has 1 saturated carbocycles. The molecule has 0 heterocycles. The molecule has 0 radical (unpaired) electrons. The van der Waals surface area contributed by atoms with Gasteiger partial charge in [0.2, 0.25) is 0 Å². The van der Waals surface area contributed by atoms with E-state index in [1.807, 2.05) is 36.4 Å². The molecular weight excluding hydrogens is 224 g/mol. The van der Waals surface area contributed by atoms with Crippen molar-refractivity contribution in [2.45, 2.75) is 12.3 Å². The molecule has 3 rings (SSSR count). The highest BCUT2D eigenvalue weighted by Gasteiger charge is 2.37. The summed E-state index contributed by atoms with van der Waals surface area (Å²) >= 11 is 0. The number of ketones is 1. The lowest BCUT2D eigenvalue weighted by molar-refractivity contribution is -0.110. The van der Waals surface area contributed by atoms with E-state index in [0.717, 1.165) is 22.4 Å². The minimum absolute atomic E-state index is 0.0890. The molecule has 1 atom stereocenters. The number of carbonyl (C=O) groups excluding carboxylic acids is 1. The van der Waals surface area contributed by atoms with Crippen LogP contribution in [0.3, 0.4) is 0 Å². The van der Waals surface area contributed by atoms with Crippen molar-refractivity contribution in [1.29, 1.82) is 0 Å². The zero-order valence-electron chi connectivity index (χ0n) is 10.2. The Kier molecular flexibility index (Phi) is 2.63. The van der Waals surface area contributed by atoms with Gasteiger partial charge in [0, 0.05) is 6.42 Å². The minimum Gasteiger partial charge on any atom is -0.497 e. The number of ether oxygens (including phenoxy) is 1. The summed E-state index contributed by atoms with van der Waals surface area (Å²) < 4.78 is 5.27. The molecule has 90 valence electrons. The molecule has 0 amide bonds. The Balaban J connectivity index is 2.12. The summed E-state index contributed by atoms with van der Waals surface area (Å²) in [6, 6.07) is 16.1. The largest absolute Gasteiger partial charge is 0.497 e. The van der Waals surface area contributed by atoms with Gasteiger partial charge in [-0.2, -0.15) is 0 Å². The fourth-order valence-electron chi connectivity index (χ4n) is 2.26. The standard InChI is InChI=1S/C16H14O2/c1-18-12-7-8-13(15-10-16(15)17)14(9-12)11-5-3-2-4-6-11/h2-9,15H,10H2,1H3. The van der Waals surface area contributed by atoms with Crippen molar-refractivity contribution in [3.63, 3.8) is 0 Å². The maximum atomic E-state index is 11.4. The fraction of sp³-hybridized carbons (Fsp3) is 0.188. The first-order chi connectivity index (χ1) is 8.79. The Morgan fingerprint density at radius 3 is 2.44 bits per heavy atom. The number of rotatable bonds is 3. The van der Waals surface area contributed by atoms with Crippen LogP contribution in [0.1, 0.15) is 17.9 Å². The highest BCUT2D eigenvalue weighted by molar-refractivity contribution is 6.02. The topological polar surface area (TPSA) is 26.3 Å². The molecule has 0 bridgehead atoms. The maximum Gasteiger partial charge on any atom is 0.141 e. The Morgan fingerprint density at radius 1 is 1.11 bits per heavy atom. The van der Waals surface area contributed by atoms with E-state index in [9.17, 15) is 4.79 Å². The third-order valence-corrected chi connectivity index (χ3v) is 3.35. The predicted molar refractivity (Wildman–Crippen MR) is 70.8 cm³/mol. The lowest BCUT2D eigenvalue weighted by Gasteiger charge is -2.10. The van der Waals surface area contributed by atoms with Crippen LogP contribution in [-0.4, -0.2) is 12.9 Å². The Labute approximate surface area is 106 Å². The third-order valence-electron chi connectivity index (χ3n) is 3.35. The van der Waals surface area contributed by atoms with Gasteiger partial charge < -0.3 is 4.74 Å². The Hall–Kier alpha value is -2.09. The van der Waals surface area contributed by atoms with Gasteiger partial charge in [0.05, 0.1) is 13.0 Å². The van der Waals surface area contributed by atoms with Gasteiger partial charge in [0.15, 0.2) is 0 Å². The van der Waals surface area contributed by atoms with Crippen LogP contribution in [0.25, 0.3) is 11.1 Å². The lowest BCUT2D eigenvalue weighted by atomic mass is 9.96. The van der Waals surface area contributed by atoms with Gasteiger partial charge in [0.25, 0.3) is 0 Å². The van der Waals surface area contributed by atoms with Crippen molar-refractivity contribution in [2.24, 2.45) is 0 Å². The van der Waals surface area contributed by atoms with Gasteiger partial charge in [-0.05, 0) is 28.8 Å². The first-order valence-electron chi connectivity index (χ1n) is 6.05. The zero-order valence-corrected chi connectivity index (χ0v) is 10.2. The van der Waals surface area contributed by atoms with E-state index in [1.165, 1.54) is 0 Å². The Morgan fingerprint density at radius 2 is 1.83 bits per heavy atom. The molecule has 2 aromatic rings. The second-order valence-corrected chi connectivity index (χ2v) is 4.54. The van der Waals surface area contributed by atoms with Crippen LogP contribution < -0.4 is 4.74 Å². The van der Waals surface area contributed by atoms with Crippen LogP contribution in [0.15, 0.2) is 48.5 Å². The van der Waals surface area contributed by atoms with Gasteiger partial charge in [-0.1, -0.05) is 36.4 Å². The predicted octanol–water partition coefficient (Wildman–Crippen LogP) is 3.42.